The average molecular weight is 401 g/mol. The van der Waals surface area contributed by atoms with Gasteiger partial charge < -0.3 is 10.6 Å². The number of hydrogen-bond acceptors (Lipinski definition) is 5. The van der Waals surface area contributed by atoms with Crippen LogP contribution in [0.15, 0.2) is 24.5 Å². The fourth-order valence-electron chi connectivity index (χ4n) is 1.70. The maximum Gasteiger partial charge on any atom is 0.417 e. The van der Waals surface area contributed by atoms with Crippen LogP contribution in [0.5, 0.6) is 0 Å². The largest absolute Gasteiger partial charge is 0.417 e. The molecule has 1 amide bonds. The average Bonchev–Trinajstić information content (AvgIpc) is 3.01. The Morgan fingerprint density at radius 3 is 2.52 bits per heavy atom. The summed E-state index contributed by atoms with van der Waals surface area (Å²) in [6.45, 7) is 3.80. The SMILES string of the molecule is CCNCCNC(=O)c1cn(-c2ccc(C(F)(F)F)cn2)nn1.Cl.Cl. The Bertz CT molecular complexity index is 663. The molecule has 0 bridgehead atoms. The van der Waals surface area contributed by atoms with Gasteiger partial charge >= 0.3 is 6.18 Å². The monoisotopic (exact) mass is 400 g/mol. The molecule has 0 aromatic carbocycles. The van der Waals surface area contributed by atoms with Crippen LogP contribution in [0.2, 0.25) is 0 Å². The Kier molecular flexibility index (Phi) is 9.39. The van der Waals surface area contributed by atoms with Crippen LogP contribution in [0.1, 0.15) is 23.0 Å². The lowest BCUT2D eigenvalue weighted by atomic mass is 10.3. The van der Waals surface area contributed by atoms with Gasteiger partial charge in [0, 0.05) is 19.3 Å². The number of hydrogen-bond donors (Lipinski definition) is 2. The molecule has 2 N–H and O–H groups in total. The van der Waals surface area contributed by atoms with Gasteiger partial charge in [0.2, 0.25) is 0 Å². The number of amides is 1. The molecule has 7 nitrogen and oxygen atoms in total. The van der Waals surface area contributed by atoms with E-state index in [-0.39, 0.29) is 36.3 Å². The van der Waals surface area contributed by atoms with E-state index >= 15 is 0 Å². The number of nitrogens with one attached hydrogen (secondary N) is 2. The first-order valence-electron chi connectivity index (χ1n) is 6.86. The van der Waals surface area contributed by atoms with Gasteiger partial charge in [0.15, 0.2) is 11.5 Å². The molecule has 0 aliphatic rings. The molecule has 0 aliphatic carbocycles. The second kappa shape index (κ2) is 10.2. The van der Waals surface area contributed by atoms with Gasteiger partial charge in [0.1, 0.15) is 0 Å². The van der Waals surface area contributed by atoms with Gasteiger partial charge in [0.25, 0.3) is 5.91 Å². The first kappa shape index (κ1) is 23.1. The number of carbonyl (C=O) groups is 1. The number of alkyl halides is 3. The summed E-state index contributed by atoms with van der Waals surface area (Å²) in [6.07, 6.45) is -2.45. The number of rotatable bonds is 6. The minimum Gasteiger partial charge on any atom is -0.349 e. The minimum absolute atomic E-state index is 0. The Balaban J connectivity index is 0.00000288. The highest BCUT2D eigenvalue weighted by Crippen LogP contribution is 2.28. The maximum absolute atomic E-state index is 12.5. The summed E-state index contributed by atoms with van der Waals surface area (Å²) < 4.78 is 38.6. The van der Waals surface area contributed by atoms with E-state index in [2.05, 4.69) is 25.9 Å². The zero-order chi connectivity index (χ0) is 16.9. The van der Waals surface area contributed by atoms with Gasteiger partial charge in [-0.2, -0.15) is 13.2 Å². The molecule has 0 saturated carbocycles. The lowest BCUT2D eigenvalue weighted by Crippen LogP contribution is -2.31. The molecule has 0 atom stereocenters. The van der Waals surface area contributed by atoms with Crippen molar-refractivity contribution in [3.63, 3.8) is 0 Å². The molecule has 2 rings (SSSR count). The first-order valence-corrected chi connectivity index (χ1v) is 6.86. The van der Waals surface area contributed by atoms with E-state index < -0.39 is 17.6 Å². The van der Waals surface area contributed by atoms with E-state index in [4.69, 9.17) is 0 Å². The van der Waals surface area contributed by atoms with E-state index in [9.17, 15) is 18.0 Å². The van der Waals surface area contributed by atoms with Crippen molar-refractivity contribution in [3.8, 4) is 5.82 Å². The molecule has 0 spiro atoms. The van der Waals surface area contributed by atoms with Crippen molar-refractivity contribution in [1.82, 2.24) is 30.6 Å². The van der Waals surface area contributed by atoms with Crippen molar-refractivity contribution in [2.24, 2.45) is 0 Å². The standard InChI is InChI=1S/C13H15F3N6O.2ClH/c1-2-17-5-6-18-12(23)10-8-22(21-20-10)11-4-3-9(7-19-11)13(14,15)16;;/h3-4,7-8,17H,2,5-6H2,1H3,(H,18,23);2*1H. The lowest BCUT2D eigenvalue weighted by Gasteiger charge is -2.06. The molecule has 0 aliphatic heterocycles. The summed E-state index contributed by atoms with van der Waals surface area (Å²) in [5.41, 5.74) is -0.800. The van der Waals surface area contributed by atoms with Gasteiger partial charge in [-0.1, -0.05) is 12.1 Å². The second-order valence-electron chi connectivity index (χ2n) is 4.56. The van der Waals surface area contributed by atoms with Crippen LogP contribution in [-0.4, -0.2) is 45.5 Å². The highest BCUT2D eigenvalue weighted by Gasteiger charge is 2.30. The van der Waals surface area contributed by atoms with Gasteiger partial charge in [0.05, 0.1) is 11.8 Å². The van der Waals surface area contributed by atoms with E-state index in [1.165, 1.54) is 6.20 Å². The predicted molar refractivity (Wildman–Crippen MR) is 89.5 cm³/mol. The lowest BCUT2D eigenvalue weighted by molar-refractivity contribution is -0.137. The fourth-order valence-corrected chi connectivity index (χ4v) is 1.70. The fraction of sp³-hybridized carbons (Fsp3) is 0.385. The molecule has 25 heavy (non-hydrogen) atoms. The number of pyridine rings is 1. The third-order valence-corrected chi connectivity index (χ3v) is 2.87. The van der Waals surface area contributed by atoms with E-state index in [1.807, 2.05) is 6.92 Å². The highest BCUT2D eigenvalue weighted by molar-refractivity contribution is 5.91. The summed E-state index contributed by atoms with van der Waals surface area (Å²) in [4.78, 5) is 15.5. The number of aromatic nitrogens is 4. The zero-order valence-corrected chi connectivity index (χ0v) is 14.7. The Hall–Kier alpha value is -1.91. The minimum atomic E-state index is -4.45. The maximum atomic E-state index is 12.5. The predicted octanol–water partition coefficient (Wildman–Crippen LogP) is 1.86. The van der Waals surface area contributed by atoms with E-state index in [0.29, 0.717) is 19.3 Å². The topological polar surface area (TPSA) is 84.7 Å². The van der Waals surface area contributed by atoms with Crippen LogP contribution in [0.4, 0.5) is 13.2 Å². The number of nitrogens with zero attached hydrogens (tertiary/aromatic N) is 4. The molecule has 0 saturated heterocycles. The summed E-state index contributed by atoms with van der Waals surface area (Å²) in [7, 11) is 0. The smallest absolute Gasteiger partial charge is 0.349 e. The van der Waals surface area contributed by atoms with Gasteiger partial charge in [-0.25, -0.2) is 9.67 Å². The summed E-state index contributed by atoms with van der Waals surface area (Å²) in [6, 6.07) is 2.05. The molecule has 0 unspecified atom stereocenters. The number of likely N-dealkylation sites (N-methyl/N-ethyl adjacent to an activating group) is 1. The normalized spacial score (nSPS) is 10.6. The zero-order valence-electron chi connectivity index (χ0n) is 13.1. The van der Waals surface area contributed by atoms with Crippen LogP contribution < -0.4 is 10.6 Å². The van der Waals surface area contributed by atoms with Crippen LogP contribution in [0.25, 0.3) is 5.82 Å². The molecule has 2 aromatic heterocycles. The highest BCUT2D eigenvalue weighted by atomic mass is 35.5. The first-order chi connectivity index (χ1) is 10.9. The summed E-state index contributed by atoms with van der Waals surface area (Å²) in [5, 5.41) is 13.1. The van der Waals surface area contributed by atoms with Crippen LogP contribution >= 0.6 is 24.8 Å². The third kappa shape index (κ3) is 6.48. The van der Waals surface area contributed by atoms with Crippen molar-refractivity contribution >= 4 is 30.7 Å². The van der Waals surface area contributed by atoms with Gasteiger partial charge in [-0.3, -0.25) is 4.79 Å². The van der Waals surface area contributed by atoms with Gasteiger partial charge in [-0.15, -0.1) is 29.9 Å². The van der Waals surface area contributed by atoms with Gasteiger partial charge in [-0.05, 0) is 18.7 Å². The quantitative estimate of drug-likeness (QED) is 0.722. The molecular formula is C13H17Cl2F3N6O. The third-order valence-electron chi connectivity index (χ3n) is 2.87. The van der Waals surface area contributed by atoms with Crippen molar-refractivity contribution in [2.75, 3.05) is 19.6 Å². The molecule has 0 radical (unpaired) electrons. The van der Waals surface area contributed by atoms with Crippen molar-refractivity contribution in [1.29, 1.82) is 0 Å². The number of carbonyl (C=O) groups excluding carboxylic acids is 1. The molecule has 2 heterocycles. The number of halogens is 5. The Morgan fingerprint density at radius 1 is 1.24 bits per heavy atom. The van der Waals surface area contributed by atoms with Crippen molar-refractivity contribution in [2.45, 2.75) is 13.1 Å². The van der Waals surface area contributed by atoms with Crippen LogP contribution in [0.3, 0.4) is 0 Å². The van der Waals surface area contributed by atoms with Crippen molar-refractivity contribution < 1.29 is 18.0 Å². The molecule has 2 aromatic rings. The van der Waals surface area contributed by atoms with E-state index in [0.717, 1.165) is 23.4 Å². The molecule has 12 heteroatoms. The second-order valence-corrected chi connectivity index (χ2v) is 4.56. The molecular weight excluding hydrogens is 384 g/mol. The van der Waals surface area contributed by atoms with E-state index in [1.54, 1.807) is 0 Å². The Morgan fingerprint density at radius 2 is 1.96 bits per heavy atom. The van der Waals surface area contributed by atoms with Crippen LogP contribution in [0, 0.1) is 0 Å². The van der Waals surface area contributed by atoms with Crippen molar-refractivity contribution in [3.05, 3.63) is 35.8 Å². The summed E-state index contributed by atoms with van der Waals surface area (Å²) in [5.74, 6) is -0.279. The van der Waals surface area contributed by atoms with Crippen LogP contribution in [-0.2, 0) is 6.18 Å². The molecule has 140 valence electrons. The summed E-state index contributed by atoms with van der Waals surface area (Å²) >= 11 is 0. The molecule has 0 fully saturated rings. The Labute approximate surface area is 154 Å².